The van der Waals surface area contributed by atoms with Crippen molar-refractivity contribution in [3.63, 3.8) is 0 Å². The molecule has 0 aliphatic carbocycles. The number of carbonyl (C=O) groups is 1. The van der Waals surface area contributed by atoms with E-state index in [0.29, 0.717) is 5.92 Å². The molecule has 0 aromatic carbocycles. The van der Waals surface area contributed by atoms with Gasteiger partial charge in [-0.1, -0.05) is 0 Å². The number of esters is 1. The number of piperidine rings is 1. The molecule has 0 radical (unpaired) electrons. The third-order valence-electron chi connectivity index (χ3n) is 4.98. The summed E-state index contributed by atoms with van der Waals surface area (Å²) < 4.78 is 16.0. The van der Waals surface area contributed by atoms with Crippen LogP contribution in [0.25, 0.3) is 0 Å². The molecule has 0 aromatic rings. The van der Waals surface area contributed by atoms with Gasteiger partial charge in [0.05, 0.1) is 13.0 Å². The SMILES string of the molecule is CN=C(NCCCOCC1CCOCC1)N1CCC(C(=O)OC)CC1. The van der Waals surface area contributed by atoms with Crippen LogP contribution in [-0.4, -0.2) is 77.0 Å². The molecule has 0 saturated carbocycles. The minimum Gasteiger partial charge on any atom is -0.469 e. The summed E-state index contributed by atoms with van der Waals surface area (Å²) >= 11 is 0. The zero-order valence-corrected chi connectivity index (χ0v) is 15.7. The Kier molecular flexibility index (Phi) is 9.04. The monoisotopic (exact) mass is 355 g/mol. The lowest BCUT2D eigenvalue weighted by Crippen LogP contribution is -2.47. The molecule has 2 rings (SSSR count). The number of likely N-dealkylation sites (tertiary alicyclic amines) is 1. The number of aliphatic imine (C=N–C) groups is 1. The molecule has 0 bridgehead atoms. The normalized spacial score (nSPS) is 20.6. The van der Waals surface area contributed by atoms with Gasteiger partial charge in [0.2, 0.25) is 0 Å². The van der Waals surface area contributed by atoms with E-state index in [1.54, 1.807) is 7.05 Å². The van der Waals surface area contributed by atoms with Crippen LogP contribution in [0.15, 0.2) is 4.99 Å². The van der Waals surface area contributed by atoms with Gasteiger partial charge in [-0.2, -0.15) is 0 Å². The van der Waals surface area contributed by atoms with Crippen LogP contribution in [0, 0.1) is 11.8 Å². The molecular formula is C18H33N3O4. The number of nitrogens with one attached hydrogen (secondary N) is 1. The number of rotatable bonds is 7. The van der Waals surface area contributed by atoms with Crippen LogP contribution in [0.2, 0.25) is 0 Å². The molecule has 2 heterocycles. The van der Waals surface area contributed by atoms with Crippen molar-refractivity contribution in [3.05, 3.63) is 0 Å². The topological polar surface area (TPSA) is 72.4 Å². The van der Waals surface area contributed by atoms with Crippen molar-refractivity contribution in [1.29, 1.82) is 0 Å². The van der Waals surface area contributed by atoms with Crippen LogP contribution >= 0.6 is 0 Å². The number of guanidine groups is 1. The maximum absolute atomic E-state index is 11.6. The number of ether oxygens (including phenoxy) is 3. The summed E-state index contributed by atoms with van der Waals surface area (Å²) in [6.45, 7) is 5.87. The van der Waals surface area contributed by atoms with Crippen LogP contribution in [0.3, 0.4) is 0 Å². The van der Waals surface area contributed by atoms with E-state index in [1.165, 1.54) is 7.11 Å². The lowest BCUT2D eigenvalue weighted by atomic mass is 9.97. The van der Waals surface area contributed by atoms with Crippen molar-refractivity contribution in [2.75, 3.05) is 60.2 Å². The maximum atomic E-state index is 11.6. The minimum atomic E-state index is -0.0933. The highest BCUT2D eigenvalue weighted by molar-refractivity contribution is 5.80. The van der Waals surface area contributed by atoms with E-state index < -0.39 is 0 Å². The second kappa shape index (κ2) is 11.3. The zero-order valence-electron chi connectivity index (χ0n) is 15.7. The first-order valence-corrected chi connectivity index (χ1v) is 9.43. The van der Waals surface area contributed by atoms with Gasteiger partial charge in [0.15, 0.2) is 5.96 Å². The first-order valence-electron chi connectivity index (χ1n) is 9.43. The zero-order chi connectivity index (χ0) is 17.9. The van der Waals surface area contributed by atoms with Crippen LogP contribution < -0.4 is 5.32 Å². The van der Waals surface area contributed by atoms with Gasteiger partial charge in [-0.25, -0.2) is 0 Å². The Bertz CT molecular complexity index is 417. The first kappa shape index (κ1) is 20.0. The highest BCUT2D eigenvalue weighted by atomic mass is 16.5. The van der Waals surface area contributed by atoms with Crippen molar-refractivity contribution < 1.29 is 19.0 Å². The summed E-state index contributed by atoms with van der Waals surface area (Å²) in [5.41, 5.74) is 0. The molecule has 1 N–H and O–H groups in total. The molecule has 2 saturated heterocycles. The fourth-order valence-corrected chi connectivity index (χ4v) is 3.36. The van der Waals surface area contributed by atoms with Gasteiger partial charge < -0.3 is 24.4 Å². The Morgan fingerprint density at radius 1 is 1.24 bits per heavy atom. The molecule has 7 nitrogen and oxygen atoms in total. The molecular weight excluding hydrogens is 322 g/mol. The van der Waals surface area contributed by atoms with E-state index in [1.807, 2.05) is 0 Å². The van der Waals surface area contributed by atoms with Gasteiger partial charge in [-0.3, -0.25) is 9.79 Å². The highest BCUT2D eigenvalue weighted by Gasteiger charge is 2.26. The molecule has 0 spiro atoms. The molecule has 0 aromatic heterocycles. The molecule has 0 unspecified atom stereocenters. The first-order chi connectivity index (χ1) is 12.2. The molecule has 25 heavy (non-hydrogen) atoms. The molecule has 2 aliphatic heterocycles. The Morgan fingerprint density at radius 3 is 2.60 bits per heavy atom. The van der Waals surface area contributed by atoms with Crippen molar-refractivity contribution in [2.24, 2.45) is 16.8 Å². The van der Waals surface area contributed by atoms with Gasteiger partial charge in [-0.05, 0) is 38.0 Å². The average Bonchev–Trinajstić information content (AvgIpc) is 2.68. The Morgan fingerprint density at radius 2 is 1.96 bits per heavy atom. The molecule has 2 fully saturated rings. The number of carbonyl (C=O) groups excluding carboxylic acids is 1. The fourth-order valence-electron chi connectivity index (χ4n) is 3.36. The lowest BCUT2D eigenvalue weighted by Gasteiger charge is -2.33. The molecule has 144 valence electrons. The number of methoxy groups -OCH3 is 1. The van der Waals surface area contributed by atoms with Crippen molar-refractivity contribution in [2.45, 2.75) is 32.1 Å². The Hall–Kier alpha value is -1.34. The quantitative estimate of drug-likeness (QED) is 0.321. The number of hydrogen-bond acceptors (Lipinski definition) is 5. The van der Waals surface area contributed by atoms with Gasteiger partial charge in [0.25, 0.3) is 0 Å². The van der Waals surface area contributed by atoms with Crippen molar-refractivity contribution in [3.8, 4) is 0 Å². The van der Waals surface area contributed by atoms with Crippen LogP contribution in [-0.2, 0) is 19.0 Å². The van der Waals surface area contributed by atoms with E-state index in [-0.39, 0.29) is 11.9 Å². The number of hydrogen-bond donors (Lipinski definition) is 1. The predicted molar refractivity (Wildman–Crippen MR) is 96.7 cm³/mol. The van der Waals surface area contributed by atoms with E-state index in [4.69, 9.17) is 14.2 Å². The van der Waals surface area contributed by atoms with E-state index >= 15 is 0 Å². The summed E-state index contributed by atoms with van der Waals surface area (Å²) in [4.78, 5) is 18.2. The van der Waals surface area contributed by atoms with Crippen LogP contribution in [0.5, 0.6) is 0 Å². The van der Waals surface area contributed by atoms with E-state index in [9.17, 15) is 4.79 Å². The third kappa shape index (κ3) is 6.82. The largest absolute Gasteiger partial charge is 0.469 e. The van der Waals surface area contributed by atoms with Gasteiger partial charge >= 0.3 is 5.97 Å². The average molecular weight is 355 g/mol. The Balaban J connectivity index is 1.55. The highest BCUT2D eigenvalue weighted by Crippen LogP contribution is 2.18. The Labute approximate surface area is 151 Å². The second-order valence-electron chi connectivity index (χ2n) is 6.74. The van der Waals surface area contributed by atoms with Crippen LogP contribution in [0.1, 0.15) is 32.1 Å². The lowest BCUT2D eigenvalue weighted by molar-refractivity contribution is -0.146. The third-order valence-corrected chi connectivity index (χ3v) is 4.98. The standard InChI is InChI=1S/C18H33N3O4/c1-19-18(21-9-4-16(5-10-21)17(22)23-2)20-8-3-11-25-14-15-6-12-24-13-7-15/h15-16H,3-14H2,1-2H3,(H,19,20). The summed E-state index contributed by atoms with van der Waals surface area (Å²) in [5.74, 6) is 1.50. The summed E-state index contributed by atoms with van der Waals surface area (Å²) in [5, 5.41) is 3.40. The smallest absolute Gasteiger partial charge is 0.308 e. The number of nitrogens with zero attached hydrogens (tertiary/aromatic N) is 2. The summed E-state index contributed by atoms with van der Waals surface area (Å²) in [6.07, 6.45) is 4.84. The summed E-state index contributed by atoms with van der Waals surface area (Å²) in [7, 11) is 3.26. The summed E-state index contributed by atoms with van der Waals surface area (Å²) in [6, 6.07) is 0. The van der Waals surface area contributed by atoms with E-state index in [0.717, 1.165) is 84.1 Å². The second-order valence-corrected chi connectivity index (χ2v) is 6.74. The van der Waals surface area contributed by atoms with Gasteiger partial charge in [0.1, 0.15) is 0 Å². The van der Waals surface area contributed by atoms with E-state index in [2.05, 4.69) is 15.2 Å². The predicted octanol–water partition coefficient (Wildman–Crippen LogP) is 1.28. The maximum Gasteiger partial charge on any atom is 0.308 e. The van der Waals surface area contributed by atoms with Gasteiger partial charge in [-0.15, -0.1) is 0 Å². The van der Waals surface area contributed by atoms with Crippen LogP contribution in [0.4, 0.5) is 0 Å². The van der Waals surface area contributed by atoms with Crippen molar-refractivity contribution in [1.82, 2.24) is 10.2 Å². The van der Waals surface area contributed by atoms with Gasteiger partial charge in [0, 0.05) is 53.1 Å². The molecule has 0 atom stereocenters. The minimum absolute atomic E-state index is 0.0259. The fraction of sp³-hybridized carbons (Fsp3) is 0.889. The molecule has 2 aliphatic rings. The molecule has 7 heteroatoms. The van der Waals surface area contributed by atoms with Crippen molar-refractivity contribution >= 4 is 11.9 Å². The molecule has 0 amide bonds.